The summed E-state index contributed by atoms with van der Waals surface area (Å²) >= 11 is 0. The van der Waals surface area contributed by atoms with E-state index in [1.54, 1.807) is 37.4 Å². The molecule has 58 heavy (non-hydrogen) atoms. The number of hydrogen-bond donors (Lipinski definition) is 2. The average Bonchev–Trinajstić information content (AvgIpc) is 3.24. The number of rotatable bonds is 16. The van der Waals surface area contributed by atoms with E-state index in [1.807, 2.05) is 130 Å². The maximum Gasteiger partial charge on any atom is 0.338 e. The first-order valence-electron chi connectivity index (χ1n) is 19.0. The topological polar surface area (TPSA) is 162 Å². The molecule has 14 heteroatoms. The molecule has 6 rings (SSSR count). The van der Waals surface area contributed by atoms with E-state index in [4.69, 9.17) is 4.74 Å². The third kappa shape index (κ3) is 11.2. The van der Waals surface area contributed by atoms with Crippen molar-refractivity contribution in [3.8, 4) is 33.6 Å². The van der Waals surface area contributed by atoms with Crippen LogP contribution in [0.4, 0.5) is 0 Å². The molecule has 6 heterocycles. The molecule has 0 aromatic carbocycles. The molecule has 2 amide bonds. The number of pyridine rings is 6. The number of hydrogen-bond acceptors (Lipinski definition) is 7. The van der Waals surface area contributed by atoms with Gasteiger partial charge in [-0.25, -0.2) is 33.0 Å². The normalized spacial score (nSPS) is 11.7. The Hall–Kier alpha value is -7.22. The molecule has 14 nitrogen and oxygen atoms in total. The zero-order chi connectivity index (χ0) is 40.9. The Kier molecular flexibility index (Phi) is 13.7. The number of nitrogens with one attached hydrogen (secondary N) is 3. The Balaban J connectivity index is 1.12. The molecule has 0 bridgehead atoms. The smallest absolute Gasteiger partial charge is 0.338 e. The highest BCUT2D eigenvalue weighted by Crippen LogP contribution is 2.17. The zero-order valence-electron chi connectivity index (χ0n) is 32.7. The third-order valence-electron chi connectivity index (χ3n) is 9.33. The molecule has 0 aliphatic heterocycles. The summed E-state index contributed by atoms with van der Waals surface area (Å²) in [6, 6.07) is 21.2. The van der Waals surface area contributed by atoms with Gasteiger partial charge in [0.2, 0.25) is 11.6 Å². The first-order chi connectivity index (χ1) is 28.1. The summed E-state index contributed by atoms with van der Waals surface area (Å²) in [7, 11) is 3.93. The van der Waals surface area contributed by atoms with Gasteiger partial charge in [0, 0.05) is 66.9 Å². The lowest BCUT2D eigenvalue weighted by molar-refractivity contribution is -0.694. The van der Waals surface area contributed by atoms with E-state index in [0.29, 0.717) is 36.6 Å². The second kappa shape index (κ2) is 19.6. The Morgan fingerprint density at radius 1 is 0.776 bits per heavy atom. The summed E-state index contributed by atoms with van der Waals surface area (Å²) in [6.45, 7) is 3.30. The molecule has 6 aromatic rings. The number of esters is 1. The predicted molar refractivity (Wildman–Crippen MR) is 210 cm³/mol. The molecular formula is C44H47N9O5+4. The highest BCUT2D eigenvalue weighted by molar-refractivity contribution is 5.98. The number of aromatic nitrogens is 6. The van der Waals surface area contributed by atoms with E-state index in [9.17, 15) is 19.5 Å². The second-order valence-electron chi connectivity index (χ2n) is 13.6. The van der Waals surface area contributed by atoms with Crippen LogP contribution in [-0.2, 0) is 36.7 Å². The van der Waals surface area contributed by atoms with Crippen LogP contribution in [0.25, 0.3) is 33.6 Å². The van der Waals surface area contributed by atoms with Crippen LogP contribution >= 0.6 is 0 Å². The number of amides is 2. The maximum absolute atomic E-state index is 13.6. The van der Waals surface area contributed by atoms with Gasteiger partial charge in [-0.15, -0.1) is 0 Å². The first-order valence-corrected chi connectivity index (χ1v) is 19.0. The summed E-state index contributed by atoms with van der Waals surface area (Å²) in [4.78, 5) is 50.8. The van der Waals surface area contributed by atoms with Gasteiger partial charge in [-0.3, -0.25) is 14.6 Å². The van der Waals surface area contributed by atoms with Crippen LogP contribution in [0.5, 0.6) is 0 Å². The van der Waals surface area contributed by atoms with Gasteiger partial charge in [0.15, 0.2) is 68.9 Å². The van der Waals surface area contributed by atoms with Crippen molar-refractivity contribution >= 4 is 23.7 Å². The lowest BCUT2D eigenvalue weighted by Gasteiger charge is -2.24. The van der Waals surface area contributed by atoms with Gasteiger partial charge in [0.05, 0.1) is 43.3 Å². The summed E-state index contributed by atoms with van der Waals surface area (Å²) < 4.78 is 12.9. The van der Waals surface area contributed by atoms with Crippen molar-refractivity contribution in [1.29, 1.82) is 0 Å². The van der Waals surface area contributed by atoms with E-state index in [2.05, 4.69) is 25.6 Å². The third-order valence-corrected chi connectivity index (χ3v) is 9.33. The molecular weight excluding hydrogens is 735 g/mol. The quantitative estimate of drug-likeness (QED) is 0.0647. The summed E-state index contributed by atoms with van der Waals surface area (Å²) in [6.07, 6.45) is 18.4. The second-order valence-corrected chi connectivity index (χ2v) is 13.6. The molecule has 0 saturated heterocycles. The Bertz CT molecular complexity index is 2370. The number of aryl methyl sites for hydroxylation is 2. The maximum atomic E-state index is 13.6. The van der Waals surface area contributed by atoms with Crippen LogP contribution < -0.4 is 39.0 Å². The predicted octanol–water partition coefficient (Wildman–Crippen LogP) is 1.06. The monoisotopic (exact) mass is 781 g/mol. The molecule has 6 aromatic heterocycles. The average molecular weight is 782 g/mol. The minimum atomic E-state index is -1.23. The van der Waals surface area contributed by atoms with Gasteiger partial charge < -0.3 is 20.5 Å². The number of ether oxygens (including phenoxy) is 1. The van der Waals surface area contributed by atoms with Gasteiger partial charge in [-0.2, -0.15) is 0 Å². The molecule has 1 atom stereocenters. The van der Waals surface area contributed by atoms with Crippen molar-refractivity contribution in [2.45, 2.75) is 32.5 Å². The summed E-state index contributed by atoms with van der Waals surface area (Å²) in [5, 5.41) is 19.2. The molecule has 0 aliphatic carbocycles. The number of aromatic amines is 1. The minimum Gasteiger partial charge on any atom is -0.861 e. The number of aliphatic imine (C=N–C) groups is 1. The van der Waals surface area contributed by atoms with Crippen molar-refractivity contribution < 1.29 is 47.5 Å². The SMILES string of the molecule is CCOC(=O)c1ccnc(-c2cc(C(=O)NC(CC(=O)NCC[n+]3ccc(-c4cc[n+](C)cc4)cc3)C([O-])=NCC[n+]3ccc(-c4cc[n+](C)cc4)cc3)cc[nH+]2)c1. The molecule has 0 saturated carbocycles. The molecule has 0 aliphatic rings. The number of H-pyrrole nitrogens is 1. The van der Waals surface area contributed by atoms with E-state index in [-0.39, 0.29) is 25.1 Å². The fourth-order valence-electron chi connectivity index (χ4n) is 6.07. The summed E-state index contributed by atoms with van der Waals surface area (Å²) in [5.74, 6) is -2.11. The van der Waals surface area contributed by atoms with E-state index < -0.39 is 29.7 Å². The van der Waals surface area contributed by atoms with Gasteiger partial charge in [0.25, 0.3) is 5.91 Å². The van der Waals surface area contributed by atoms with E-state index in [1.165, 1.54) is 6.20 Å². The van der Waals surface area contributed by atoms with Crippen molar-refractivity contribution in [3.05, 3.63) is 146 Å². The number of nitrogens with zero attached hydrogens (tertiary/aromatic N) is 6. The van der Waals surface area contributed by atoms with Crippen LogP contribution in [0, 0.1) is 0 Å². The molecule has 0 fully saturated rings. The molecule has 1 unspecified atom stereocenters. The number of carbonyl (C=O) groups is 3. The lowest BCUT2D eigenvalue weighted by atomic mass is 10.1. The molecule has 294 valence electrons. The van der Waals surface area contributed by atoms with Crippen molar-refractivity contribution in [2.24, 2.45) is 19.1 Å². The van der Waals surface area contributed by atoms with Gasteiger partial charge in [-0.05, 0) is 47.2 Å². The largest absolute Gasteiger partial charge is 0.861 e. The van der Waals surface area contributed by atoms with Gasteiger partial charge in [0.1, 0.15) is 19.8 Å². The molecule has 0 radical (unpaired) electrons. The van der Waals surface area contributed by atoms with Crippen molar-refractivity contribution in [3.63, 3.8) is 0 Å². The van der Waals surface area contributed by atoms with Crippen LogP contribution in [0.1, 0.15) is 34.1 Å². The first kappa shape index (κ1) is 40.4. The highest BCUT2D eigenvalue weighted by Gasteiger charge is 2.21. The van der Waals surface area contributed by atoms with Crippen LogP contribution in [0.15, 0.2) is 140 Å². The van der Waals surface area contributed by atoms with Crippen LogP contribution in [-0.4, -0.2) is 54.4 Å². The van der Waals surface area contributed by atoms with Gasteiger partial charge in [-0.1, -0.05) is 0 Å². The molecule has 0 spiro atoms. The van der Waals surface area contributed by atoms with Crippen molar-refractivity contribution in [1.82, 2.24) is 15.6 Å². The van der Waals surface area contributed by atoms with Crippen molar-refractivity contribution in [2.75, 3.05) is 19.7 Å². The summed E-state index contributed by atoms with van der Waals surface area (Å²) in [5.41, 5.74) is 5.70. The van der Waals surface area contributed by atoms with Crippen LogP contribution in [0.2, 0.25) is 0 Å². The van der Waals surface area contributed by atoms with Crippen LogP contribution in [0.3, 0.4) is 0 Å². The fourth-order valence-corrected chi connectivity index (χ4v) is 6.07. The zero-order valence-corrected chi connectivity index (χ0v) is 32.7. The minimum absolute atomic E-state index is 0.138. The molecule has 3 N–H and O–H groups in total. The number of carbonyl (C=O) groups excluding carboxylic acids is 3. The Labute approximate surface area is 336 Å². The van der Waals surface area contributed by atoms with E-state index >= 15 is 0 Å². The Morgan fingerprint density at radius 2 is 1.34 bits per heavy atom. The lowest BCUT2D eigenvalue weighted by Crippen LogP contribution is -2.50. The highest BCUT2D eigenvalue weighted by atomic mass is 16.5. The Morgan fingerprint density at radius 3 is 1.93 bits per heavy atom. The fraction of sp³-hybridized carbons (Fsp3) is 0.227. The standard InChI is InChI=1S/C44H44N9O5/c1-4-58-44(57)37-6-16-46-39(30-37)38-29-36(5-15-45-38)42(55)49-40(43(56)48-18-28-53-25-13-35(14-26-53)33-9-21-51(3)22-10-33)31-41(54)47-17-27-52-23-11-34(12-24-52)32-7-19-50(2)20-8-32/h5-16,19-26,29-30,40H,4,17-18,27-28,31H2,1-3H3/q+1/p+3. The van der Waals surface area contributed by atoms with Gasteiger partial charge >= 0.3 is 5.97 Å². The van der Waals surface area contributed by atoms with E-state index in [0.717, 1.165) is 22.3 Å².